The van der Waals surface area contributed by atoms with E-state index in [1.165, 1.54) is 23.4 Å². The zero-order valence-corrected chi connectivity index (χ0v) is 10.4. The molecule has 0 saturated carbocycles. The van der Waals surface area contributed by atoms with Crippen LogP contribution in [0.4, 0.5) is 0 Å². The zero-order chi connectivity index (χ0) is 13.2. The van der Waals surface area contributed by atoms with E-state index >= 15 is 0 Å². The number of carboxylic acids is 1. The molecular weight excluding hydrogens is 240 g/mol. The van der Waals surface area contributed by atoms with Crippen LogP contribution in [-0.2, 0) is 6.42 Å². The number of carboxylic acid groups (broad SMARTS) is 1. The Morgan fingerprint density at radius 3 is 2.95 bits per heavy atom. The Bertz CT molecular complexity index is 625. The molecule has 1 N–H and O–H groups in total. The molecule has 1 unspecified atom stereocenters. The first-order valence-electron chi connectivity index (χ1n) is 6.40. The largest absolute Gasteiger partial charge is 0.477 e. The maximum absolute atomic E-state index is 11.0. The lowest BCUT2D eigenvalue weighted by Crippen LogP contribution is -2.15. The van der Waals surface area contributed by atoms with Crippen molar-refractivity contribution in [2.45, 2.75) is 25.2 Å². The van der Waals surface area contributed by atoms with Crippen LogP contribution < -0.4 is 0 Å². The van der Waals surface area contributed by atoms with Crippen molar-refractivity contribution >= 4 is 5.97 Å². The molecule has 3 rings (SSSR count). The van der Waals surface area contributed by atoms with Gasteiger partial charge in [0.05, 0.1) is 0 Å². The Labute approximate surface area is 111 Å². The molecule has 4 heteroatoms. The molecule has 0 amide bonds. The molecule has 1 aliphatic carbocycles. The van der Waals surface area contributed by atoms with Crippen molar-refractivity contribution in [1.82, 2.24) is 9.97 Å². The van der Waals surface area contributed by atoms with Gasteiger partial charge in [0.25, 0.3) is 0 Å². The number of nitrogens with zero attached hydrogens (tertiary/aromatic N) is 2. The second-order valence-electron chi connectivity index (χ2n) is 4.75. The topological polar surface area (TPSA) is 63.1 Å². The average Bonchev–Trinajstić information content (AvgIpc) is 2.47. The summed E-state index contributed by atoms with van der Waals surface area (Å²) in [7, 11) is 0. The van der Waals surface area contributed by atoms with Gasteiger partial charge in [0, 0.05) is 12.1 Å². The molecule has 1 heterocycles. The number of aromatic carboxylic acids is 1. The minimum atomic E-state index is -1.01. The molecule has 0 spiro atoms. The molecule has 0 aliphatic heterocycles. The summed E-state index contributed by atoms with van der Waals surface area (Å²) in [6.07, 6.45) is 4.66. The van der Waals surface area contributed by atoms with Crippen molar-refractivity contribution in [1.29, 1.82) is 0 Å². The Balaban J connectivity index is 2.04. The van der Waals surface area contributed by atoms with Crippen molar-refractivity contribution in [3.05, 3.63) is 59.2 Å². The van der Waals surface area contributed by atoms with Gasteiger partial charge in [-0.1, -0.05) is 24.3 Å². The van der Waals surface area contributed by atoms with Gasteiger partial charge in [-0.05, 0) is 36.5 Å². The van der Waals surface area contributed by atoms with E-state index in [1.807, 2.05) is 12.1 Å². The third kappa shape index (κ3) is 2.21. The third-order valence-electron chi connectivity index (χ3n) is 3.57. The van der Waals surface area contributed by atoms with Gasteiger partial charge in [-0.3, -0.25) is 0 Å². The average molecular weight is 254 g/mol. The second-order valence-corrected chi connectivity index (χ2v) is 4.75. The van der Waals surface area contributed by atoms with E-state index in [4.69, 9.17) is 5.11 Å². The summed E-state index contributed by atoms with van der Waals surface area (Å²) in [6, 6.07) is 9.70. The van der Waals surface area contributed by atoms with Crippen molar-refractivity contribution in [3.63, 3.8) is 0 Å². The Morgan fingerprint density at radius 2 is 2.11 bits per heavy atom. The standard InChI is InChI=1S/C15H14N2O2/c18-15(19)13-8-9-16-14(17-13)12-7-3-5-10-4-1-2-6-11(10)12/h1-2,4,6,8-9,12H,3,5,7H2,(H,18,19). The lowest BCUT2D eigenvalue weighted by Gasteiger charge is -2.24. The molecule has 1 aromatic carbocycles. The predicted octanol–water partition coefficient (Wildman–Crippen LogP) is 2.64. The summed E-state index contributed by atoms with van der Waals surface area (Å²) in [6.45, 7) is 0. The molecule has 0 saturated heterocycles. The van der Waals surface area contributed by atoms with Crippen molar-refractivity contribution < 1.29 is 9.90 Å². The fourth-order valence-electron chi connectivity index (χ4n) is 2.68. The molecule has 0 fully saturated rings. The number of benzene rings is 1. The number of aromatic nitrogens is 2. The highest BCUT2D eigenvalue weighted by Gasteiger charge is 2.24. The van der Waals surface area contributed by atoms with Crippen molar-refractivity contribution in [2.75, 3.05) is 0 Å². The summed E-state index contributed by atoms with van der Waals surface area (Å²) in [5, 5.41) is 9.01. The first-order chi connectivity index (χ1) is 9.25. The van der Waals surface area contributed by atoms with Gasteiger partial charge >= 0.3 is 5.97 Å². The van der Waals surface area contributed by atoms with Crippen LogP contribution in [0, 0.1) is 0 Å². The van der Waals surface area contributed by atoms with Gasteiger partial charge < -0.3 is 5.11 Å². The van der Waals surface area contributed by atoms with Gasteiger partial charge in [0.1, 0.15) is 5.82 Å². The highest BCUT2D eigenvalue weighted by molar-refractivity contribution is 5.85. The molecular formula is C15H14N2O2. The van der Waals surface area contributed by atoms with E-state index in [1.54, 1.807) is 0 Å². The molecule has 4 nitrogen and oxygen atoms in total. The van der Waals surface area contributed by atoms with Crippen LogP contribution in [0.5, 0.6) is 0 Å². The second kappa shape index (κ2) is 4.80. The lowest BCUT2D eigenvalue weighted by molar-refractivity contribution is 0.0690. The smallest absolute Gasteiger partial charge is 0.354 e. The SMILES string of the molecule is O=C(O)c1ccnc(C2CCCc3ccccc32)n1. The van der Waals surface area contributed by atoms with E-state index in [0.29, 0.717) is 5.82 Å². The highest BCUT2D eigenvalue weighted by atomic mass is 16.4. The van der Waals surface area contributed by atoms with E-state index in [0.717, 1.165) is 19.3 Å². The first-order valence-corrected chi connectivity index (χ1v) is 6.40. The van der Waals surface area contributed by atoms with Crippen LogP contribution >= 0.6 is 0 Å². The van der Waals surface area contributed by atoms with Gasteiger partial charge in [0.15, 0.2) is 5.69 Å². The minimum absolute atomic E-state index is 0.0630. The van der Waals surface area contributed by atoms with Crippen LogP contribution in [0.3, 0.4) is 0 Å². The Morgan fingerprint density at radius 1 is 1.26 bits per heavy atom. The van der Waals surface area contributed by atoms with E-state index in [-0.39, 0.29) is 11.6 Å². The van der Waals surface area contributed by atoms with Crippen molar-refractivity contribution in [3.8, 4) is 0 Å². The van der Waals surface area contributed by atoms with E-state index in [9.17, 15) is 4.79 Å². The predicted molar refractivity (Wildman–Crippen MR) is 70.2 cm³/mol. The summed E-state index contributed by atoms with van der Waals surface area (Å²) >= 11 is 0. The molecule has 1 aromatic heterocycles. The number of rotatable bonds is 2. The van der Waals surface area contributed by atoms with Crippen LogP contribution in [0.15, 0.2) is 36.5 Å². The molecule has 2 aromatic rings. The molecule has 0 bridgehead atoms. The molecule has 1 aliphatic rings. The highest BCUT2D eigenvalue weighted by Crippen LogP contribution is 2.34. The maximum Gasteiger partial charge on any atom is 0.354 e. The Kier molecular flexibility index (Phi) is 2.99. The molecule has 1 atom stereocenters. The van der Waals surface area contributed by atoms with Crippen molar-refractivity contribution in [2.24, 2.45) is 0 Å². The number of fused-ring (bicyclic) bond motifs is 1. The minimum Gasteiger partial charge on any atom is -0.477 e. The fraction of sp³-hybridized carbons (Fsp3) is 0.267. The maximum atomic E-state index is 11.0. The monoisotopic (exact) mass is 254 g/mol. The van der Waals surface area contributed by atoms with Crippen LogP contribution in [0.25, 0.3) is 0 Å². The van der Waals surface area contributed by atoms with Crippen LogP contribution in [0.1, 0.15) is 46.2 Å². The zero-order valence-electron chi connectivity index (χ0n) is 10.4. The van der Waals surface area contributed by atoms with E-state index in [2.05, 4.69) is 22.1 Å². The van der Waals surface area contributed by atoms with Crippen LogP contribution in [0.2, 0.25) is 0 Å². The quantitative estimate of drug-likeness (QED) is 0.894. The third-order valence-corrected chi connectivity index (χ3v) is 3.57. The van der Waals surface area contributed by atoms with Gasteiger partial charge in [-0.25, -0.2) is 14.8 Å². The first kappa shape index (κ1) is 11.8. The normalized spacial score (nSPS) is 17.8. The number of hydrogen-bond donors (Lipinski definition) is 1. The van der Waals surface area contributed by atoms with Gasteiger partial charge in [-0.2, -0.15) is 0 Å². The lowest BCUT2D eigenvalue weighted by atomic mass is 9.82. The molecule has 96 valence electrons. The van der Waals surface area contributed by atoms with Gasteiger partial charge in [0.2, 0.25) is 0 Å². The summed E-state index contributed by atoms with van der Waals surface area (Å²) in [5.41, 5.74) is 2.62. The fourth-order valence-corrected chi connectivity index (χ4v) is 2.68. The number of carbonyl (C=O) groups is 1. The molecule has 0 radical (unpaired) electrons. The van der Waals surface area contributed by atoms with Gasteiger partial charge in [-0.15, -0.1) is 0 Å². The molecule has 19 heavy (non-hydrogen) atoms. The Hall–Kier alpha value is -2.23. The van der Waals surface area contributed by atoms with E-state index < -0.39 is 5.97 Å². The summed E-state index contributed by atoms with van der Waals surface area (Å²) < 4.78 is 0. The summed E-state index contributed by atoms with van der Waals surface area (Å²) in [5.74, 6) is -0.274. The summed E-state index contributed by atoms with van der Waals surface area (Å²) in [4.78, 5) is 19.4. The van der Waals surface area contributed by atoms with Crippen LogP contribution in [-0.4, -0.2) is 21.0 Å². The number of aryl methyl sites for hydroxylation is 1. The number of hydrogen-bond acceptors (Lipinski definition) is 3.